The lowest BCUT2D eigenvalue weighted by molar-refractivity contribution is 0.0528. The molecule has 0 bridgehead atoms. The van der Waals surface area contributed by atoms with Crippen molar-refractivity contribution in [1.29, 1.82) is 0 Å². The number of H-pyrrole nitrogens is 1. The van der Waals surface area contributed by atoms with Crippen molar-refractivity contribution in [3.05, 3.63) is 84.2 Å². The number of esters is 1. The Morgan fingerprint density at radius 3 is 2.72 bits per heavy atom. The number of aromatic nitrogens is 4. The molecule has 7 heteroatoms. The van der Waals surface area contributed by atoms with Gasteiger partial charge in [-0.15, -0.1) is 0 Å². The molecule has 2 aromatic carbocycles. The highest BCUT2D eigenvalue weighted by Gasteiger charge is 2.21. The molecular formula is C25H23N5O2. The van der Waals surface area contributed by atoms with Crippen LogP contribution in [-0.4, -0.2) is 39.2 Å². The second kappa shape index (κ2) is 8.19. The van der Waals surface area contributed by atoms with Crippen molar-refractivity contribution >= 4 is 28.3 Å². The van der Waals surface area contributed by atoms with Gasteiger partial charge in [0.2, 0.25) is 0 Å². The van der Waals surface area contributed by atoms with Gasteiger partial charge in [0.05, 0.1) is 18.5 Å². The summed E-state index contributed by atoms with van der Waals surface area (Å²) in [6, 6.07) is 20.3. The predicted molar refractivity (Wildman–Crippen MR) is 125 cm³/mol. The molecule has 0 aliphatic heterocycles. The van der Waals surface area contributed by atoms with E-state index in [1.54, 1.807) is 11.4 Å². The maximum Gasteiger partial charge on any atom is 0.343 e. The minimum atomic E-state index is -0.428. The average molecular weight is 425 g/mol. The van der Waals surface area contributed by atoms with Gasteiger partial charge in [0.25, 0.3) is 0 Å². The summed E-state index contributed by atoms with van der Waals surface area (Å²) in [6.45, 7) is 2.76. The van der Waals surface area contributed by atoms with E-state index in [2.05, 4.69) is 33.2 Å². The minimum absolute atomic E-state index is 0.291. The second-order valence-corrected chi connectivity index (χ2v) is 7.60. The summed E-state index contributed by atoms with van der Waals surface area (Å²) in [4.78, 5) is 22.8. The van der Waals surface area contributed by atoms with Crippen LogP contribution in [0.5, 0.6) is 0 Å². The highest BCUT2D eigenvalue weighted by Crippen LogP contribution is 2.31. The zero-order valence-corrected chi connectivity index (χ0v) is 17.9. The number of aromatic amines is 1. The monoisotopic (exact) mass is 425 g/mol. The lowest BCUT2D eigenvalue weighted by Crippen LogP contribution is -2.20. The molecule has 0 aliphatic carbocycles. The Morgan fingerprint density at radius 1 is 1.12 bits per heavy atom. The third kappa shape index (κ3) is 3.47. The van der Waals surface area contributed by atoms with Crippen LogP contribution in [0.2, 0.25) is 0 Å². The molecule has 7 nitrogen and oxygen atoms in total. The Labute approximate surface area is 185 Å². The first kappa shape index (κ1) is 19.8. The summed E-state index contributed by atoms with van der Waals surface area (Å²) in [5, 5.41) is 5.54. The Bertz CT molecular complexity index is 1400. The topological polar surface area (TPSA) is 75.5 Å². The van der Waals surface area contributed by atoms with E-state index in [0.717, 1.165) is 28.0 Å². The largest absolute Gasteiger partial charge is 0.462 e. The molecule has 1 N–H and O–H groups in total. The summed E-state index contributed by atoms with van der Waals surface area (Å²) in [5.74, 6) is 0.400. The molecule has 5 rings (SSSR count). The molecule has 0 radical (unpaired) electrons. The minimum Gasteiger partial charge on any atom is -0.462 e. The third-order valence-corrected chi connectivity index (χ3v) is 5.47. The number of hydrogen-bond acceptors (Lipinski definition) is 5. The Morgan fingerprint density at radius 2 is 1.91 bits per heavy atom. The number of carbonyl (C=O) groups is 1. The van der Waals surface area contributed by atoms with Gasteiger partial charge in [-0.05, 0) is 18.6 Å². The lowest BCUT2D eigenvalue weighted by atomic mass is 10.1. The number of fused-ring (bicyclic) bond motifs is 2. The SMILES string of the molecule is CCOC(=O)c1cnn2c(N(C)Cc3ccccc3)cc(-c3c[nH]c4ccccc34)nc12. The van der Waals surface area contributed by atoms with Crippen LogP contribution in [0.15, 0.2) is 73.1 Å². The van der Waals surface area contributed by atoms with Crippen molar-refractivity contribution in [2.75, 3.05) is 18.6 Å². The van der Waals surface area contributed by atoms with Crippen LogP contribution in [0, 0.1) is 0 Å². The van der Waals surface area contributed by atoms with E-state index in [4.69, 9.17) is 9.72 Å². The van der Waals surface area contributed by atoms with E-state index in [-0.39, 0.29) is 0 Å². The molecule has 0 spiro atoms. The van der Waals surface area contributed by atoms with Crippen molar-refractivity contribution < 1.29 is 9.53 Å². The first-order valence-electron chi connectivity index (χ1n) is 10.5. The van der Waals surface area contributed by atoms with Gasteiger partial charge in [0.15, 0.2) is 5.65 Å². The fraction of sp³-hybridized carbons (Fsp3) is 0.160. The number of nitrogens with one attached hydrogen (secondary N) is 1. The zero-order chi connectivity index (χ0) is 22.1. The van der Waals surface area contributed by atoms with Crippen LogP contribution < -0.4 is 4.90 Å². The number of anilines is 1. The lowest BCUT2D eigenvalue weighted by Gasteiger charge is -2.21. The van der Waals surface area contributed by atoms with Gasteiger partial charge >= 0.3 is 5.97 Å². The van der Waals surface area contributed by atoms with Crippen LogP contribution in [0.4, 0.5) is 5.82 Å². The first-order valence-corrected chi connectivity index (χ1v) is 10.5. The molecular weight excluding hydrogens is 402 g/mol. The fourth-order valence-electron chi connectivity index (χ4n) is 3.93. The van der Waals surface area contributed by atoms with Crippen molar-refractivity contribution in [3.63, 3.8) is 0 Å². The van der Waals surface area contributed by atoms with Gasteiger partial charge < -0.3 is 14.6 Å². The van der Waals surface area contributed by atoms with Crippen molar-refractivity contribution in [3.8, 4) is 11.3 Å². The molecule has 0 saturated heterocycles. The normalized spacial score (nSPS) is 11.2. The number of rotatable bonds is 6. The number of ether oxygens (including phenoxy) is 1. The van der Waals surface area contributed by atoms with Crippen LogP contribution in [0.1, 0.15) is 22.8 Å². The van der Waals surface area contributed by atoms with Gasteiger partial charge in [-0.3, -0.25) is 0 Å². The maximum absolute atomic E-state index is 12.6. The average Bonchev–Trinajstić information content (AvgIpc) is 3.43. The number of nitrogens with zero attached hydrogens (tertiary/aromatic N) is 4. The maximum atomic E-state index is 12.6. The third-order valence-electron chi connectivity index (χ3n) is 5.47. The molecule has 0 aliphatic rings. The summed E-state index contributed by atoms with van der Waals surface area (Å²) < 4.78 is 6.94. The summed E-state index contributed by atoms with van der Waals surface area (Å²) >= 11 is 0. The molecule has 0 unspecified atom stereocenters. The molecule has 160 valence electrons. The fourth-order valence-corrected chi connectivity index (χ4v) is 3.93. The van der Waals surface area contributed by atoms with Crippen molar-refractivity contribution in [1.82, 2.24) is 19.6 Å². The molecule has 3 aromatic heterocycles. The van der Waals surface area contributed by atoms with E-state index in [1.165, 1.54) is 11.8 Å². The van der Waals surface area contributed by atoms with Gasteiger partial charge in [-0.1, -0.05) is 48.5 Å². The number of benzene rings is 2. The van der Waals surface area contributed by atoms with E-state index in [0.29, 0.717) is 24.4 Å². The molecule has 0 saturated carbocycles. The smallest absolute Gasteiger partial charge is 0.343 e. The highest BCUT2D eigenvalue weighted by atomic mass is 16.5. The molecule has 0 amide bonds. The van der Waals surface area contributed by atoms with E-state index >= 15 is 0 Å². The van der Waals surface area contributed by atoms with Crippen molar-refractivity contribution in [2.24, 2.45) is 0 Å². The summed E-state index contributed by atoms with van der Waals surface area (Å²) in [5.41, 5.74) is 4.75. The molecule has 0 fully saturated rings. The summed E-state index contributed by atoms with van der Waals surface area (Å²) in [6.07, 6.45) is 3.48. The van der Waals surface area contributed by atoms with E-state index in [9.17, 15) is 4.79 Å². The van der Waals surface area contributed by atoms with Crippen molar-refractivity contribution in [2.45, 2.75) is 13.5 Å². The molecule has 0 atom stereocenters. The summed E-state index contributed by atoms with van der Waals surface area (Å²) in [7, 11) is 2.01. The standard InChI is InChI=1S/C25H23N5O2/c1-3-32-25(31)20-15-27-30-23(29(2)16-17-9-5-4-6-10-17)13-22(28-24(20)30)19-14-26-21-12-8-7-11-18(19)21/h4-15,26H,3,16H2,1-2H3. The molecule has 3 heterocycles. The number of para-hydroxylation sites is 1. The quantitative estimate of drug-likeness (QED) is 0.400. The van der Waals surface area contributed by atoms with Crippen LogP contribution >= 0.6 is 0 Å². The van der Waals surface area contributed by atoms with Gasteiger partial charge in [0, 0.05) is 42.3 Å². The Hall–Kier alpha value is -4.13. The Balaban J connectivity index is 1.68. The highest BCUT2D eigenvalue weighted by molar-refractivity contribution is 5.98. The second-order valence-electron chi connectivity index (χ2n) is 7.60. The number of hydrogen-bond donors (Lipinski definition) is 1. The first-order chi connectivity index (χ1) is 15.7. The molecule has 32 heavy (non-hydrogen) atoms. The molecule has 5 aromatic rings. The van der Waals surface area contributed by atoms with Gasteiger partial charge in [-0.25, -0.2) is 9.78 Å². The van der Waals surface area contributed by atoms with Crippen LogP contribution in [0.3, 0.4) is 0 Å². The van der Waals surface area contributed by atoms with E-state index < -0.39 is 5.97 Å². The predicted octanol–water partition coefficient (Wildman–Crippen LogP) is 4.69. The van der Waals surface area contributed by atoms with Gasteiger partial charge in [-0.2, -0.15) is 9.61 Å². The zero-order valence-electron chi connectivity index (χ0n) is 17.9. The number of carbonyl (C=O) groups excluding carboxylic acids is 1. The van der Waals surface area contributed by atoms with Crippen LogP contribution in [0.25, 0.3) is 27.8 Å². The Kier molecular flexibility index (Phi) is 5.07. The van der Waals surface area contributed by atoms with E-state index in [1.807, 2.05) is 55.7 Å². The van der Waals surface area contributed by atoms with Crippen LogP contribution in [-0.2, 0) is 11.3 Å². The van der Waals surface area contributed by atoms with Gasteiger partial charge in [0.1, 0.15) is 11.4 Å².